The van der Waals surface area contributed by atoms with Gasteiger partial charge in [-0.25, -0.2) is 0 Å². The first-order valence-corrected chi connectivity index (χ1v) is 6.74. The predicted molar refractivity (Wildman–Crippen MR) is 72.8 cm³/mol. The topological polar surface area (TPSA) is 53.1 Å². The van der Waals surface area contributed by atoms with Gasteiger partial charge < -0.3 is 19.4 Å². The van der Waals surface area contributed by atoms with Crippen LogP contribution < -0.4 is 0 Å². The van der Waals surface area contributed by atoms with Crippen LogP contribution in [-0.2, 0) is 14.3 Å². The fraction of sp³-hybridized carbons (Fsp3) is 0.846. The number of carbonyl (C=O) groups excluding carboxylic acids is 2. The van der Waals surface area contributed by atoms with Crippen molar-refractivity contribution in [3.05, 3.63) is 0 Å². The van der Waals surface area contributed by atoms with Crippen molar-refractivity contribution in [2.75, 3.05) is 60.5 Å². The molecule has 6 heteroatoms. The molecule has 1 saturated heterocycles. The van der Waals surface area contributed by atoms with Gasteiger partial charge in [-0.05, 0) is 0 Å². The van der Waals surface area contributed by atoms with Gasteiger partial charge >= 0.3 is 5.97 Å². The van der Waals surface area contributed by atoms with Crippen LogP contribution in [0.4, 0.5) is 0 Å². The summed E-state index contributed by atoms with van der Waals surface area (Å²) in [7, 11) is 4.99. The lowest BCUT2D eigenvalue weighted by Gasteiger charge is -2.34. The summed E-state index contributed by atoms with van der Waals surface area (Å²) in [5.74, 6) is 0.0205. The number of piperazine rings is 1. The lowest BCUT2D eigenvalue weighted by atomic mass is 10.2. The van der Waals surface area contributed by atoms with E-state index in [0.29, 0.717) is 12.8 Å². The Morgan fingerprint density at radius 2 is 1.47 bits per heavy atom. The zero-order valence-electron chi connectivity index (χ0n) is 12.2. The molecular weight excluding hydrogens is 246 g/mol. The van der Waals surface area contributed by atoms with E-state index in [2.05, 4.69) is 14.5 Å². The second-order valence-corrected chi connectivity index (χ2v) is 5.05. The molecule has 0 aromatic heterocycles. The fourth-order valence-corrected chi connectivity index (χ4v) is 2.07. The van der Waals surface area contributed by atoms with Crippen molar-refractivity contribution < 1.29 is 14.3 Å². The highest BCUT2D eigenvalue weighted by molar-refractivity contribution is 5.75. The third kappa shape index (κ3) is 6.02. The minimum Gasteiger partial charge on any atom is -0.469 e. The molecular formula is C13H25N3O3. The Bertz CT molecular complexity index is 300. The quantitative estimate of drug-likeness (QED) is 0.618. The number of carbonyl (C=O) groups is 2. The minimum absolute atomic E-state index is 0.154. The first kappa shape index (κ1) is 15.9. The number of ether oxygens (including phenoxy) is 1. The average Bonchev–Trinajstić information content (AvgIpc) is 2.42. The van der Waals surface area contributed by atoms with Crippen molar-refractivity contribution in [1.82, 2.24) is 14.7 Å². The summed E-state index contributed by atoms with van der Waals surface area (Å²) in [5.41, 5.74) is 0. The monoisotopic (exact) mass is 271 g/mol. The minimum atomic E-state index is -0.154. The molecule has 0 spiro atoms. The van der Waals surface area contributed by atoms with Crippen molar-refractivity contribution in [1.29, 1.82) is 0 Å². The van der Waals surface area contributed by atoms with E-state index >= 15 is 0 Å². The first-order valence-electron chi connectivity index (χ1n) is 6.74. The standard InChI is InChI=1S/C13H25N3O3/c1-14(2)12(17)4-6-15-8-10-16(11-9-15)7-5-13(18)19-3/h4-11H2,1-3H3. The number of hydrogen-bond acceptors (Lipinski definition) is 5. The van der Waals surface area contributed by atoms with E-state index < -0.39 is 0 Å². The fourth-order valence-electron chi connectivity index (χ4n) is 2.07. The molecule has 0 aromatic rings. The van der Waals surface area contributed by atoms with Crippen molar-refractivity contribution in [2.24, 2.45) is 0 Å². The van der Waals surface area contributed by atoms with Crippen LogP contribution in [0.25, 0.3) is 0 Å². The van der Waals surface area contributed by atoms with Crippen molar-refractivity contribution in [3.8, 4) is 0 Å². The SMILES string of the molecule is COC(=O)CCN1CCN(CCC(=O)N(C)C)CC1. The van der Waals surface area contributed by atoms with Crippen LogP contribution in [0, 0.1) is 0 Å². The molecule has 0 bridgehead atoms. The molecule has 1 aliphatic rings. The Morgan fingerprint density at radius 3 is 1.89 bits per heavy atom. The summed E-state index contributed by atoms with van der Waals surface area (Å²) >= 11 is 0. The van der Waals surface area contributed by atoms with Crippen LogP contribution in [-0.4, -0.2) is 87.0 Å². The zero-order valence-corrected chi connectivity index (χ0v) is 12.2. The van der Waals surface area contributed by atoms with Gasteiger partial charge in [0.15, 0.2) is 0 Å². The van der Waals surface area contributed by atoms with E-state index in [0.717, 1.165) is 39.3 Å². The lowest BCUT2D eigenvalue weighted by molar-refractivity contribution is -0.141. The third-order valence-corrected chi connectivity index (χ3v) is 3.47. The van der Waals surface area contributed by atoms with Gasteiger partial charge in [-0.2, -0.15) is 0 Å². The Labute approximate surface area is 115 Å². The molecule has 1 fully saturated rings. The van der Waals surface area contributed by atoms with Gasteiger partial charge in [-0.1, -0.05) is 0 Å². The molecule has 1 aliphatic heterocycles. The number of rotatable bonds is 6. The molecule has 0 unspecified atom stereocenters. The maximum absolute atomic E-state index is 11.5. The lowest BCUT2D eigenvalue weighted by Crippen LogP contribution is -2.47. The molecule has 1 amide bonds. The highest BCUT2D eigenvalue weighted by Gasteiger charge is 2.18. The maximum Gasteiger partial charge on any atom is 0.306 e. The second-order valence-electron chi connectivity index (χ2n) is 5.05. The number of hydrogen-bond donors (Lipinski definition) is 0. The molecule has 1 rings (SSSR count). The molecule has 0 N–H and O–H groups in total. The Balaban J connectivity index is 2.15. The Kier molecular flexibility index (Phi) is 6.80. The van der Waals surface area contributed by atoms with E-state index in [-0.39, 0.29) is 11.9 Å². The number of amides is 1. The van der Waals surface area contributed by atoms with Crippen LogP contribution in [0.15, 0.2) is 0 Å². The van der Waals surface area contributed by atoms with Gasteiger partial charge in [0.25, 0.3) is 0 Å². The van der Waals surface area contributed by atoms with Gasteiger partial charge in [-0.3, -0.25) is 9.59 Å². The summed E-state index contributed by atoms with van der Waals surface area (Å²) < 4.78 is 4.63. The summed E-state index contributed by atoms with van der Waals surface area (Å²) in [6.45, 7) is 5.41. The molecule has 0 aromatic carbocycles. The van der Waals surface area contributed by atoms with Crippen LogP contribution in [0.2, 0.25) is 0 Å². The van der Waals surface area contributed by atoms with Crippen LogP contribution in [0.1, 0.15) is 12.8 Å². The normalized spacial score (nSPS) is 17.2. The van der Waals surface area contributed by atoms with Gasteiger partial charge in [0.05, 0.1) is 13.5 Å². The molecule has 1 heterocycles. The van der Waals surface area contributed by atoms with Crippen LogP contribution in [0.5, 0.6) is 0 Å². The Hall–Kier alpha value is -1.14. The van der Waals surface area contributed by atoms with Gasteiger partial charge in [0, 0.05) is 59.8 Å². The maximum atomic E-state index is 11.5. The van der Waals surface area contributed by atoms with Crippen molar-refractivity contribution >= 4 is 11.9 Å². The Morgan fingerprint density at radius 1 is 1.00 bits per heavy atom. The molecule has 19 heavy (non-hydrogen) atoms. The second kappa shape index (κ2) is 8.12. The molecule has 6 nitrogen and oxygen atoms in total. The van der Waals surface area contributed by atoms with E-state index in [9.17, 15) is 9.59 Å². The zero-order chi connectivity index (χ0) is 14.3. The largest absolute Gasteiger partial charge is 0.469 e. The van der Waals surface area contributed by atoms with E-state index in [1.807, 2.05) is 0 Å². The van der Waals surface area contributed by atoms with Crippen molar-refractivity contribution in [2.45, 2.75) is 12.8 Å². The van der Waals surface area contributed by atoms with E-state index in [1.54, 1.807) is 19.0 Å². The van der Waals surface area contributed by atoms with Gasteiger partial charge in [0.2, 0.25) is 5.91 Å². The molecule has 0 radical (unpaired) electrons. The van der Waals surface area contributed by atoms with E-state index in [4.69, 9.17) is 0 Å². The predicted octanol–water partition coefficient (Wildman–Crippen LogP) is -0.355. The summed E-state index contributed by atoms with van der Waals surface area (Å²) in [5, 5.41) is 0. The third-order valence-electron chi connectivity index (χ3n) is 3.47. The molecule has 0 aliphatic carbocycles. The van der Waals surface area contributed by atoms with Gasteiger partial charge in [0.1, 0.15) is 0 Å². The summed E-state index contributed by atoms with van der Waals surface area (Å²) in [6, 6.07) is 0. The van der Waals surface area contributed by atoms with E-state index in [1.165, 1.54) is 7.11 Å². The smallest absolute Gasteiger partial charge is 0.306 e. The number of esters is 1. The molecule has 110 valence electrons. The summed E-state index contributed by atoms with van der Waals surface area (Å²) in [6.07, 6.45) is 1.03. The van der Waals surface area contributed by atoms with Crippen LogP contribution >= 0.6 is 0 Å². The summed E-state index contributed by atoms with van der Waals surface area (Å²) in [4.78, 5) is 28.8. The molecule has 0 saturated carbocycles. The number of methoxy groups -OCH3 is 1. The number of nitrogens with zero attached hydrogens (tertiary/aromatic N) is 3. The van der Waals surface area contributed by atoms with Crippen molar-refractivity contribution in [3.63, 3.8) is 0 Å². The molecule has 0 atom stereocenters. The van der Waals surface area contributed by atoms with Crippen LogP contribution in [0.3, 0.4) is 0 Å². The first-order chi connectivity index (χ1) is 9.02. The average molecular weight is 271 g/mol. The van der Waals surface area contributed by atoms with Gasteiger partial charge in [-0.15, -0.1) is 0 Å². The highest BCUT2D eigenvalue weighted by Crippen LogP contribution is 2.04. The highest BCUT2D eigenvalue weighted by atomic mass is 16.5.